The molecule has 28 heavy (non-hydrogen) atoms. The number of ether oxygens (including phenoxy) is 1. The zero-order chi connectivity index (χ0) is 19.1. The lowest BCUT2D eigenvalue weighted by Crippen LogP contribution is -2.43. The highest BCUT2D eigenvalue weighted by atomic mass is 127. The van der Waals surface area contributed by atoms with Gasteiger partial charge in [-0.1, -0.05) is 19.8 Å². The third kappa shape index (κ3) is 5.89. The zero-order valence-corrected chi connectivity index (χ0v) is 19.4. The van der Waals surface area contributed by atoms with Gasteiger partial charge in [0, 0.05) is 26.1 Å². The summed E-state index contributed by atoms with van der Waals surface area (Å²) < 4.78 is 12.7. The summed E-state index contributed by atoms with van der Waals surface area (Å²) in [5.74, 6) is 2.61. The van der Waals surface area contributed by atoms with E-state index in [2.05, 4.69) is 22.7 Å². The predicted molar refractivity (Wildman–Crippen MR) is 121 cm³/mol. The molecule has 0 spiro atoms. The van der Waals surface area contributed by atoms with Crippen LogP contribution >= 0.6 is 24.0 Å². The minimum atomic E-state index is 0. The Morgan fingerprint density at radius 2 is 2.18 bits per heavy atom. The van der Waals surface area contributed by atoms with Gasteiger partial charge in [-0.3, -0.25) is 0 Å². The molecule has 2 heterocycles. The zero-order valence-electron chi connectivity index (χ0n) is 17.0. The molecule has 1 aliphatic rings. The van der Waals surface area contributed by atoms with E-state index in [1.54, 1.807) is 18.1 Å². The second-order valence-corrected chi connectivity index (χ2v) is 6.96. The van der Waals surface area contributed by atoms with Crippen LogP contribution in [0.2, 0.25) is 0 Å². The number of nitrogens with zero attached hydrogens (tertiary/aromatic N) is 3. The van der Waals surface area contributed by atoms with Gasteiger partial charge in [-0.2, -0.15) is 5.10 Å². The van der Waals surface area contributed by atoms with Gasteiger partial charge < -0.3 is 19.8 Å². The molecule has 0 bridgehead atoms. The summed E-state index contributed by atoms with van der Waals surface area (Å²) in [7, 11) is 3.59. The first-order chi connectivity index (χ1) is 13.2. The summed E-state index contributed by atoms with van der Waals surface area (Å²) in [6.07, 6.45) is 8.38. The molecule has 1 aliphatic carbocycles. The van der Waals surface area contributed by atoms with Crippen molar-refractivity contribution in [1.82, 2.24) is 20.4 Å². The standard InChI is InChI=1S/C20H31N5O2.HI/c1-4-18-17(19(26-3)25(2)24-18)14-22-20(23-15-8-5-6-9-15)21-12-11-16-10-7-13-27-16;/h7,10,13,15H,4-6,8-9,11-12,14H2,1-3H3,(H2,21,22,23);1H. The lowest BCUT2D eigenvalue weighted by molar-refractivity contribution is 0.369. The number of aryl methyl sites for hydroxylation is 2. The molecule has 0 atom stereocenters. The number of guanidine groups is 1. The summed E-state index contributed by atoms with van der Waals surface area (Å²) >= 11 is 0. The number of nitrogens with one attached hydrogen (secondary N) is 2. The maximum absolute atomic E-state index is 5.53. The largest absolute Gasteiger partial charge is 0.481 e. The Balaban J connectivity index is 0.00000280. The van der Waals surface area contributed by atoms with Gasteiger partial charge in [0.15, 0.2) is 5.96 Å². The summed E-state index contributed by atoms with van der Waals surface area (Å²) in [6, 6.07) is 4.42. The molecule has 0 aliphatic heterocycles. The molecular weight excluding hydrogens is 469 g/mol. The van der Waals surface area contributed by atoms with E-state index in [0.717, 1.165) is 48.2 Å². The van der Waals surface area contributed by atoms with Crippen molar-refractivity contribution in [2.45, 2.75) is 58.0 Å². The van der Waals surface area contributed by atoms with Gasteiger partial charge in [-0.15, -0.1) is 24.0 Å². The topological polar surface area (TPSA) is 76.6 Å². The second kappa shape index (κ2) is 11.3. The highest BCUT2D eigenvalue weighted by Crippen LogP contribution is 2.23. The minimum absolute atomic E-state index is 0. The number of aliphatic imine (C=N–C) groups is 1. The molecule has 0 amide bonds. The van der Waals surface area contributed by atoms with Crippen molar-refractivity contribution in [1.29, 1.82) is 0 Å². The van der Waals surface area contributed by atoms with Crippen LogP contribution in [0.4, 0.5) is 0 Å². The molecule has 156 valence electrons. The van der Waals surface area contributed by atoms with Crippen LogP contribution in [0, 0.1) is 0 Å². The number of rotatable bonds is 8. The van der Waals surface area contributed by atoms with E-state index in [1.165, 1.54) is 25.7 Å². The lowest BCUT2D eigenvalue weighted by Gasteiger charge is -2.17. The Bertz CT molecular complexity index is 736. The molecule has 0 radical (unpaired) electrons. The van der Waals surface area contributed by atoms with Gasteiger partial charge in [-0.25, -0.2) is 9.67 Å². The van der Waals surface area contributed by atoms with Crippen molar-refractivity contribution in [2.75, 3.05) is 13.7 Å². The van der Waals surface area contributed by atoms with Crippen LogP contribution in [-0.4, -0.2) is 35.4 Å². The highest BCUT2D eigenvalue weighted by Gasteiger charge is 2.18. The number of hydrogen-bond donors (Lipinski definition) is 2. The van der Waals surface area contributed by atoms with Crippen LogP contribution in [0.5, 0.6) is 5.88 Å². The number of aromatic nitrogens is 2. The average Bonchev–Trinajstić information content (AvgIpc) is 3.41. The van der Waals surface area contributed by atoms with Crippen molar-refractivity contribution >= 4 is 29.9 Å². The molecule has 2 N–H and O–H groups in total. The highest BCUT2D eigenvalue weighted by molar-refractivity contribution is 14.0. The molecule has 7 nitrogen and oxygen atoms in total. The Kier molecular flexibility index (Phi) is 9.14. The summed E-state index contributed by atoms with van der Waals surface area (Å²) in [5, 5.41) is 11.6. The van der Waals surface area contributed by atoms with Crippen LogP contribution in [0.3, 0.4) is 0 Å². The van der Waals surface area contributed by atoms with Crippen LogP contribution in [0.25, 0.3) is 0 Å². The fraction of sp³-hybridized carbons (Fsp3) is 0.600. The number of furan rings is 1. The van der Waals surface area contributed by atoms with Crippen LogP contribution in [0.1, 0.15) is 49.6 Å². The van der Waals surface area contributed by atoms with E-state index in [0.29, 0.717) is 12.6 Å². The van der Waals surface area contributed by atoms with Crippen molar-refractivity contribution in [3.05, 3.63) is 35.4 Å². The van der Waals surface area contributed by atoms with E-state index in [9.17, 15) is 0 Å². The molecule has 2 aromatic rings. The normalized spacial score (nSPS) is 14.8. The summed E-state index contributed by atoms with van der Waals surface area (Å²) in [4.78, 5) is 4.84. The third-order valence-corrected chi connectivity index (χ3v) is 5.03. The fourth-order valence-corrected chi connectivity index (χ4v) is 3.64. The van der Waals surface area contributed by atoms with E-state index < -0.39 is 0 Å². The fourth-order valence-electron chi connectivity index (χ4n) is 3.64. The molecule has 1 fully saturated rings. The van der Waals surface area contributed by atoms with Crippen LogP contribution < -0.4 is 15.4 Å². The third-order valence-electron chi connectivity index (χ3n) is 5.03. The molecule has 3 rings (SSSR count). The first-order valence-electron chi connectivity index (χ1n) is 9.87. The van der Waals surface area contributed by atoms with Gasteiger partial charge in [-0.05, 0) is 31.4 Å². The van der Waals surface area contributed by atoms with Gasteiger partial charge >= 0.3 is 0 Å². The monoisotopic (exact) mass is 501 g/mol. The average molecular weight is 501 g/mol. The molecular formula is C20H32IN5O2. The molecule has 1 saturated carbocycles. The van der Waals surface area contributed by atoms with Gasteiger partial charge in [0.2, 0.25) is 5.88 Å². The van der Waals surface area contributed by atoms with Crippen molar-refractivity contribution in [3.63, 3.8) is 0 Å². The molecule has 0 aromatic carbocycles. The summed E-state index contributed by atoms with van der Waals surface area (Å²) in [5.41, 5.74) is 2.09. The van der Waals surface area contributed by atoms with E-state index in [-0.39, 0.29) is 24.0 Å². The number of methoxy groups -OCH3 is 1. The van der Waals surface area contributed by atoms with Gasteiger partial charge in [0.25, 0.3) is 0 Å². The molecule has 8 heteroatoms. The lowest BCUT2D eigenvalue weighted by atomic mass is 10.2. The van der Waals surface area contributed by atoms with E-state index in [4.69, 9.17) is 14.1 Å². The minimum Gasteiger partial charge on any atom is -0.481 e. The van der Waals surface area contributed by atoms with E-state index in [1.807, 2.05) is 19.2 Å². The molecule has 2 aromatic heterocycles. The Labute approximate surface area is 184 Å². The van der Waals surface area contributed by atoms with Crippen LogP contribution in [-0.2, 0) is 26.4 Å². The molecule has 0 saturated heterocycles. The van der Waals surface area contributed by atoms with Gasteiger partial charge in [0.05, 0.1) is 31.2 Å². The predicted octanol–water partition coefficient (Wildman–Crippen LogP) is 3.42. The maximum Gasteiger partial charge on any atom is 0.216 e. The summed E-state index contributed by atoms with van der Waals surface area (Å²) in [6.45, 7) is 3.42. The second-order valence-electron chi connectivity index (χ2n) is 6.96. The Morgan fingerprint density at radius 3 is 2.82 bits per heavy atom. The maximum atomic E-state index is 5.53. The van der Waals surface area contributed by atoms with Crippen LogP contribution in [0.15, 0.2) is 27.8 Å². The first kappa shape index (κ1) is 22.6. The van der Waals surface area contributed by atoms with Crippen molar-refractivity contribution in [2.24, 2.45) is 12.0 Å². The smallest absolute Gasteiger partial charge is 0.216 e. The number of halogens is 1. The van der Waals surface area contributed by atoms with Gasteiger partial charge in [0.1, 0.15) is 5.76 Å². The quantitative estimate of drug-likeness (QED) is 0.330. The van der Waals surface area contributed by atoms with Crippen molar-refractivity contribution < 1.29 is 9.15 Å². The Hall–Kier alpha value is -1.71. The number of hydrogen-bond acceptors (Lipinski definition) is 4. The Morgan fingerprint density at radius 1 is 1.39 bits per heavy atom. The first-order valence-corrected chi connectivity index (χ1v) is 9.87. The van der Waals surface area contributed by atoms with E-state index >= 15 is 0 Å². The van der Waals surface area contributed by atoms with Crippen molar-refractivity contribution in [3.8, 4) is 5.88 Å². The SMILES string of the molecule is CCc1nn(C)c(OC)c1CN=C(NCCc1ccco1)NC1CCCC1.I. The molecule has 0 unspecified atom stereocenters.